The highest BCUT2D eigenvalue weighted by Gasteiger charge is 2.21. The van der Waals surface area contributed by atoms with Gasteiger partial charge in [-0.15, -0.1) is 0 Å². The van der Waals surface area contributed by atoms with Gasteiger partial charge in [-0.1, -0.05) is 0 Å². The van der Waals surface area contributed by atoms with E-state index >= 15 is 0 Å². The zero-order valence-electron chi connectivity index (χ0n) is 15.8. The fourth-order valence-corrected chi connectivity index (χ4v) is 2.24. The molecule has 0 spiro atoms. The summed E-state index contributed by atoms with van der Waals surface area (Å²) in [5, 5.41) is 2.68. The first kappa shape index (κ1) is 18.8. The van der Waals surface area contributed by atoms with Crippen LogP contribution in [0.5, 0.6) is 0 Å². The molecule has 136 valence electrons. The molecule has 0 aliphatic carbocycles. The van der Waals surface area contributed by atoms with Crippen molar-refractivity contribution in [2.45, 2.75) is 59.7 Å². The number of aryl methyl sites for hydroxylation is 1. The fraction of sp³-hybridized carbons (Fsp3) is 0.500. The first-order valence-electron chi connectivity index (χ1n) is 8.07. The smallest absolute Gasteiger partial charge is 0.420 e. The highest BCUT2D eigenvalue weighted by molar-refractivity contribution is 5.93. The first-order valence-corrected chi connectivity index (χ1v) is 8.07. The zero-order valence-corrected chi connectivity index (χ0v) is 15.8. The number of carbonyl (C=O) groups excluding carboxylic acids is 2. The molecule has 7 heteroatoms. The zero-order chi connectivity index (χ0) is 19.0. The third-order valence-electron chi connectivity index (χ3n) is 3.08. The summed E-state index contributed by atoms with van der Waals surface area (Å²) in [7, 11) is 0. The number of anilines is 1. The van der Waals surface area contributed by atoms with E-state index in [0.717, 1.165) is 5.56 Å². The van der Waals surface area contributed by atoms with Crippen molar-refractivity contribution in [1.29, 1.82) is 0 Å². The number of nitrogens with one attached hydrogen (secondary N) is 1. The minimum Gasteiger partial charge on any atom is -0.444 e. The second kappa shape index (κ2) is 6.38. The summed E-state index contributed by atoms with van der Waals surface area (Å²) in [6.07, 6.45) is 0.335. The van der Waals surface area contributed by atoms with Gasteiger partial charge in [-0.3, -0.25) is 5.32 Å². The van der Waals surface area contributed by atoms with Crippen LogP contribution in [0, 0.1) is 6.92 Å². The van der Waals surface area contributed by atoms with Crippen molar-refractivity contribution in [3.8, 4) is 0 Å². The first-order chi connectivity index (χ1) is 11.4. The van der Waals surface area contributed by atoms with Crippen molar-refractivity contribution in [2.24, 2.45) is 0 Å². The number of hydrogen-bond donors (Lipinski definition) is 1. The lowest BCUT2D eigenvalue weighted by Gasteiger charge is -2.20. The Kier molecular flexibility index (Phi) is 4.79. The summed E-state index contributed by atoms with van der Waals surface area (Å²) < 4.78 is 12.0. The summed E-state index contributed by atoms with van der Waals surface area (Å²) in [5.41, 5.74) is 1.35. The van der Waals surface area contributed by atoms with E-state index in [-0.39, 0.29) is 0 Å². The Labute approximate surface area is 147 Å². The number of ether oxygens (including phenoxy) is 2. The molecular weight excluding hydrogens is 322 g/mol. The maximum Gasteiger partial charge on any atom is 0.420 e. The van der Waals surface area contributed by atoms with Gasteiger partial charge in [0.2, 0.25) is 0 Å². The lowest BCUT2D eigenvalue weighted by atomic mass is 10.2. The molecule has 0 saturated carbocycles. The molecule has 0 bridgehead atoms. The van der Waals surface area contributed by atoms with Gasteiger partial charge in [0.25, 0.3) is 0 Å². The van der Waals surface area contributed by atoms with E-state index in [9.17, 15) is 9.59 Å². The van der Waals surface area contributed by atoms with Gasteiger partial charge in [0, 0.05) is 5.69 Å². The van der Waals surface area contributed by atoms with Crippen LogP contribution in [-0.2, 0) is 9.47 Å². The number of carbonyl (C=O) groups is 2. The van der Waals surface area contributed by atoms with E-state index < -0.39 is 23.4 Å². The molecule has 2 aromatic rings. The lowest BCUT2D eigenvalue weighted by Crippen LogP contribution is -2.27. The highest BCUT2D eigenvalue weighted by atomic mass is 16.6. The average Bonchev–Trinajstić information content (AvgIpc) is 2.78. The van der Waals surface area contributed by atoms with Crippen LogP contribution < -0.4 is 5.32 Å². The second-order valence-electron chi connectivity index (χ2n) is 7.88. The summed E-state index contributed by atoms with van der Waals surface area (Å²) >= 11 is 0. The van der Waals surface area contributed by atoms with Gasteiger partial charge in [0.1, 0.15) is 17.5 Å². The van der Waals surface area contributed by atoms with Crippen LogP contribution in [0.3, 0.4) is 0 Å². The molecule has 0 radical (unpaired) electrons. The van der Waals surface area contributed by atoms with Crippen LogP contribution in [-0.4, -0.2) is 32.9 Å². The molecule has 0 aliphatic heterocycles. The van der Waals surface area contributed by atoms with Crippen LogP contribution in [0.4, 0.5) is 15.3 Å². The second-order valence-corrected chi connectivity index (χ2v) is 7.88. The van der Waals surface area contributed by atoms with Crippen LogP contribution in [0.2, 0.25) is 0 Å². The molecule has 25 heavy (non-hydrogen) atoms. The van der Waals surface area contributed by atoms with Gasteiger partial charge in [-0.25, -0.2) is 19.1 Å². The van der Waals surface area contributed by atoms with Gasteiger partial charge in [0.05, 0.1) is 11.0 Å². The molecule has 1 aromatic heterocycles. The molecule has 0 fully saturated rings. The van der Waals surface area contributed by atoms with Crippen molar-refractivity contribution in [1.82, 2.24) is 9.55 Å². The molecule has 0 saturated heterocycles. The van der Waals surface area contributed by atoms with Gasteiger partial charge in [-0.05, 0) is 66.2 Å². The molecule has 0 aliphatic rings. The fourth-order valence-electron chi connectivity index (χ4n) is 2.24. The number of rotatable bonds is 1. The topological polar surface area (TPSA) is 82.5 Å². The van der Waals surface area contributed by atoms with E-state index in [0.29, 0.717) is 16.7 Å². The molecule has 0 unspecified atom stereocenters. The molecule has 0 atom stereocenters. The van der Waals surface area contributed by atoms with Gasteiger partial charge >= 0.3 is 12.2 Å². The van der Waals surface area contributed by atoms with Crippen LogP contribution in [0.15, 0.2) is 18.5 Å². The monoisotopic (exact) mass is 347 g/mol. The third kappa shape index (κ3) is 4.95. The Hall–Kier alpha value is -2.57. The minimum atomic E-state index is -0.616. The van der Waals surface area contributed by atoms with Crippen LogP contribution >= 0.6 is 0 Å². The molecule has 2 rings (SSSR count). The Balaban J connectivity index is 2.34. The average molecular weight is 347 g/mol. The van der Waals surface area contributed by atoms with Crippen molar-refractivity contribution < 1.29 is 19.1 Å². The Morgan fingerprint density at radius 2 is 1.64 bits per heavy atom. The standard InChI is InChI=1S/C18H25N3O4/c1-11-8-12(20-15(22)24-17(2,3)4)9-13-14(11)19-10-21(13)16(23)25-18(5,6)7/h8-10H,1-7H3,(H,20,22). The normalized spacial score (nSPS) is 12.1. The van der Waals surface area contributed by atoms with Gasteiger partial charge < -0.3 is 9.47 Å². The van der Waals surface area contributed by atoms with Gasteiger partial charge in [-0.2, -0.15) is 0 Å². The van der Waals surface area contributed by atoms with E-state index in [1.54, 1.807) is 53.7 Å². The van der Waals surface area contributed by atoms with E-state index in [1.165, 1.54) is 10.9 Å². The molecule has 1 heterocycles. The number of hydrogen-bond acceptors (Lipinski definition) is 5. The van der Waals surface area contributed by atoms with E-state index in [4.69, 9.17) is 9.47 Å². The lowest BCUT2D eigenvalue weighted by molar-refractivity contribution is 0.0542. The van der Waals surface area contributed by atoms with E-state index in [1.807, 2.05) is 6.92 Å². The number of benzene rings is 1. The summed E-state index contributed by atoms with van der Waals surface area (Å²) in [4.78, 5) is 28.6. The Morgan fingerprint density at radius 3 is 2.20 bits per heavy atom. The SMILES string of the molecule is Cc1cc(NC(=O)OC(C)(C)C)cc2c1ncn2C(=O)OC(C)(C)C. The third-order valence-corrected chi connectivity index (χ3v) is 3.08. The maximum absolute atomic E-state index is 12.4. The molecule has 1 aromatic carbocycles. The summed E-state index contributed by atoms with van der Waals surface area (Å²) in [5.74, 6) is 0. The molecular formula is C18H25N3O4. The number of fused-ring (bicyclic) bond motifs is 1. The Bertz CT molecular complexity index is 810. The number of nitrogens with zero attached hydrogens (tertiary/aromatic N) is 2. The highest BCUT2D eigenvalue weighted by Crippen LogP contribution is 2.24. The van der Waals surface area contributed by atoms with Crippen LogP contribution in [0.1, 0.15) is 47.1 Å². The van der Waals surface area contributed by atoms with Crippen molar-refractivity contribution in [3.63, 3.8) is 0 Å². The van der Waals surface area contributed by atoms with Crippen molar-refractivity contribution >= 4 is 28.9 Å². The van der Waals surface area contributed by atoms with Gasteiger partial charge in [0.15, 0.2) is 0 Å². The summed E-state index contributed by atoms with van der Waals surface area (Å²) in [6.45, 7) is 12.6. The maximum atomic E-state index is 12.4. The number of aromatic nitrogens is 2. The molecule has 1 amide bonds. The van der Waals surface area contributed by atoms with E-state index in [2.05, 4.69) is 10.3 Å². The largest absolute Gasteiger partial charge is 0.444 e. The predicted octanol–water partition coefficient (Wildman–Crippen LogP) is 4.47. The molecule has 1 N–H and O–H groups in total. The Morgan fingerprint density at radius 1 is 1.04 bits per heavy atom. The van der Waals surface area contributed by atoms with Crippen molar-refractivity contribution in [2.75, 3.05) is 5.32 Å². The minimum absolute atomic E-state index is 0.518. The molecule has 7 nitrogen and oxygen atoms in total. The quantitative estimate of drug-likeness (QED) is 0.822. The summed E-state index contributed by atoms with van der Waals surface area (Å²) in [6, 6.07) is 3.45. The number of imidazole rings is 1. The number of amides is 1. The van der Waals surface area contributed by atoms with Crippen LogP contribution in [0.25, 0.3) is 11.0 Å². The van der Waals surface area contributed by atoms with Crippen molar-refractivity contribution in [3.05, 3.63) is 24.0 Å². The predicted molar refractivity (Wildman–Crippen MR) is 96.0 cm³/mol.